The van der Waals surface area contributed by atoms with Crippen molar-refractivity contribution in [2.24, 2.45) is 5.10 Å². The molecule has 2 aromatic rings. The summed E-state index contributed by atoms with van der Waals surface area (Å²) in [4.78, 5) is 24.1. The van der Waals surface area contributed by atoms with E-state index in [9.17, 15) is 22.8 Å². The van der Waals surface area contributed by atoms with Crippen LogP contribution >= 0.6 is 22.9 Å². The highest BCUT2D eigenvalue weighted by molar-refractivity contribution is 7.11. The maximum Gasteiger partial charge on any atom is 0.417 e. The number of thiophene rings is 1. The average molecular weight is 390 g/mol. The van der Waals surface area contributed by atoms with E-state index in [2.05, 4.69) is 10.4 Å². The quantitative estimate of drug-likeness (QED) is 0.476. The maximum absolute atomic E-state index is 12.8. The number of hydrogen-bond donors (Lipinski definition) is 2. The highest BCUT2D eigenvalue weighted by Crippen LogP contribution is 2.36. The number of alkyl halides is 3. The second-order valence-corrected chi connectivity index (χ2v) is 6.17. The number of aryl methyl sites for hydroxylation is 1. The minimum atomic E-state index is -4.68. The zero-order chi connectivity index (χ0) is 18.6. The Morgan fingerprint density at radius 1 is 1.24 bits per heavy atom. The van der Waals surface area contributed by atoms with Crippen LogP contribution in [0, 0.1) is 6.92 Å². The van der Waals surface area contributed by atoms with Gasteiger partial charge in [-0.3, -0.25) is 9.59 Å². The molecule has 0 atom stereocenters. The van der Waals surface area contributed by atoms with Crippen LogP contribution in [0.5, 0.6) is 0 Å². The lowest BCUT2D eigenvalue weighted by Gasteiger charge is -2.11. The Kier molecular flexibility index (Phi) is 5.81. The minimum absolute atomic E-state index is 0.213. The number of rotatable bonds is 3. The Morgan fingerprint density at radius 3 is 2.56 bits per heavy atom. The number of nitrogens with one attached hydrogen (secondary N) is 2. The second-order valence-electron chi connectivity index (χ2n) is 4.81. The van der Waals surface area contributed by atoms with Gasteiger partial charge >= 0.3 is 18.0 Å². The van der Waals surface area contributed by atoms with Crippen molar-refractivity contribution in [3.63, 3.8) is 0 Å². The van der Waals surface area contributed by atoms with Crippen molar-refractivity contribution in [1.29, 1.82) is 0 Å². The average Bonchev–Trinajstić information content (AvgIpc) is 2.93. The number of hydrogen-bond acceptors (Lipinski definition) is 4. The molecule has 0 unspecified atom stereocenters. The van der Waals surface area contributed by atoms with Crippen LogP contribution in [-0.4, -0.2) is 18.0 Å². The number of carbonyl (C=O) groups is 2. The molecule has 0 aliphatic carbocycles. The summed E-state index contributed by atoms with van der Waals surface area (Å²) >= 11 is 6.88. The lowest BCUT2D eigenvalue weighted by Crippen LogP contribution is -2.32. The SMILES string of the molecule is Cc1ccsc1/C=N\NC(=O)C(=O)Nc1ccc(Cl)c(C(F)(F)F)c1. The molecule has 132 valence electrons. The summed E-state index contributed by atoms with van der Waals surface area (Å²) in [6, 6.07) is 4.64. The third kappa shape index (κ3) is 5.04. The number of hydrazone groups is 1. The largest absolute Gasteiger partial charge is 0.417 e. The number of amides is 2. The number of nitrogens with zero attached hydrogens (tertiary/aromatic N) is 1. The van der Waals surface area contributed by atoms with Gasteiger partial charge in [-0.2, -0.15) is 18.3 Å². The van der Waals surface area contributed by atoms with Gasteiger partial charge in [0.25, 0.3) is 0 Å². The molecule has 2 rings (SSSR count). The van der Waals surface area contributed by atoms with Crippen LogP contribution in [0.15, 0.2) is 34.7 Å². The number of anilines is 1. The topological polar surface area (TPSA) is 70.6 Å². The van der Waals surface area contributed by atoms with Crippen molar-refractivity contribution in [3.05, 3.63) is 50.7 Å². The van der Waals surface area contributed by atoms with E-state index in [1.165, 1.54) is 17.6 Å². The molecule has 0 saturated carbocycles. The van der Waals surface area contributed by atoms with Gasteiger partial charge in [-0.05, 0) is 42.1 Å². The zero-order valence-corrected chi connectivity index (χ0v) is 14.2. The third-order valence-electron chi connectivity index (χ3n) is 2.99. The number of halogens is 4. The van der Waals surface area contributed by atoms with Crippen molar-refractivity contribution in [3.8, 4) is 0 Å². The van der Waals surface area contributed by atoms with Gasteiger partial charge < -0.3 is 5.32 Å². The summed E-state index contributed by atoms with van der Waals surface area (Å²) in [5.41, 5.74) is 1.63. The van der Waals surface area contributed by atoms with Crippen LogP contribution < -0.4 is 10.7 Å². The minimum Gasteiger partial charge on any atom is -0.318 e. The maximum atomic E-state index is 12.8. The smallest absolute Gasteiger partial charge is 0.318 e. The Morgan fingerprint density at radius 2 is 1.96 bits per heavy atom. The predicted molar refractivity (Wildman–Crippen MR) is 89.9 cm³/mol. The van der Waals surface area contributed by atoms with Gasteiger partial charge in [0, 0.05) is 10.6 Å². The summed E-state index contributed by atoms with van der Waals surface area (Å²) in [6.45, 7) is 1.85. The first-order valence-corrected chi connectivity index (χ1v) is 7.99. The van der Waals surface area contributed by atoms with Gasteiger partial charge in [0.2, 0.25) is 0 Å². The molecule has 5 nitrogen and oxygen atoms in total. The molecule has 0 aliphatic heterocycles. The Balaban J connectivity index is 2.01. The van der Waals surface area contributed by atoms with Gasteiger partial charge in [-0.25, -0.2) is 5.43 Å². The van der Waals surface area contributed by atoms with Crippen LogP contribution in [0.2, 0.25) is 5.02 Å². The van der Waals surface area contributed by atoms with Crippen LogP contribution in [0.3, 0.4) is 0 Å². The van der Waals surface area contributed by atoms with E-state index in [0.29, 0.717) is 6.07 Å². The molecule has 25 heavy (non-hydrogen) atoms. The van der Waals surface area contributed by atoms with Gasteiger partial charge in [0.15, 0.2) is 0 Å². The van der Waals surface area contributed by atoms with Gasteiger partial charge in [-0.1, -0.05) is 11.6 Å². The lowest BCUT2D eigenvalue weighted by molar-refractivity contribution is -0.137. The van der Waals surface area contributed by atoms with Crippen LogP contribution in [0.4, 0.5) is 18.9 Å². The number of carbonyl (C=O) groups excluding carboxylic acids is 2. The lowest BCUT2D eigenvalue weighted by atomic mass is 10.2. The molecule has 0 radical (unpaired) electrons. The highest BCUT2D eigenvalue weighted by Gasteiger charge is 2.33. The fraction of sp³-hybridized carbons (Fsp3) is 0.133. The van der Waals surface area contributed by atoms with E-state index in [4.69, 9.17) is 11.6 Å². The fourth-order valence-electron chi connectivity index (χ4n) is 1.73. The highest BCUT2D eigenvalue weighted by atomic mass is 35.5. The Bertz CT molecular complexity index is 834. The van der Waals surface area contributed by atoms with E-state index >= 15 is 0 Å². The van der Waals surface area contributed by atoms with Crippen molar-refractivity contribution in [2.45, 2.75) is 13.1 Å². The summed E-state index contributed by atoms with van der Waals surface area (Å²) in [7, 11) is 0. The molecular weight excluding hydrogens is 379 g/mol. The first kappa shape index (κ1) is 18.9. The van der Waals surface area contributed by atoms with Crippen molar-refractivity contribution >= 4 is 46.7 Å². The van der Waals surface area contributed by atoms with Gasteiger partial charge in [0.1, 0.15) is 0 Å². The third-order valence-corrected chi connectivity index (χ3v) is 4.27. The zero-order valence-electron chi connectivity index (χ0n) is 12.6. The Labute approximate surface area is 149 Å². The predicted octanol–water partition coefficient (Wildman–Crippen LogP) is 3.82. The van der Waals surface area contributed by atoms with E-state index in [1.807, 2.05) is 23.8 Å². The van der Waals surface area contributed by atoms with E-state index in [-0.39, 0.29) is 5.69 Å². The van der Waals surface area contributed by atoms with E-state index in [0.717, 1.165) is 22.6 Å². The van der Waals surface area contributed by atoms with Crippen LogP contribution in [-0.2, 0) is 15.8 Å². The molecule has 0 spiro atoms. The monoisotopic (exact) mass is 389 g/mol. The first-order chi connectivity index (χ1) is 11.7. The van der Waals surface area contributed by atoms with Crippen molar-refractivity contribution in [1.82, 2.24) is 5.43 Å². The molecule has 0 fully saturated rings. The normalized spacial score (nSPS) is 11.6. The Hall–Kier alpha value is -2.39. The van der Waals surface area contributed by atoms with Gasteiger partial charge in [-0.15, -0.1) is 11.3 Å². The standard InChI is InChI=1S/C15H11ClF3N3O2S/c1-8-4-5-25-12(8)7-20-22-14(24)13(23)21-9-2-3-11(16)10(6-9)15(17,18)19/h2-7H,1H3,(H,21,23)(H,22,24)/b20-7-. The van der Waals surface area contributed by atoms with Crippen LogP contribution in [0.1, 0.15) is 16.0 Å². The summed E-state index contributed by atoms with van der Waals surface area (Å²) in [6.07, 6.45) is -3.31. The molecule has 1 aromatic carbocycles. The molecule has 0 saturated heterocycles. The summed E-state index contributed by atoms with van der Waals surface area (Å²) < 4.78 is 38.3. The molecule has 1 aromatic heterocycles. The second kappa shape index (κ2) is 7.66. The molecule has 2 N–H and O–H groups in total. The summed E-state index contributed by atoms with van der Waals surface area (Å²) in [5, 5.41) is 7.02. The van der Waals surface area contributed by atoms with Crippen molar-refractivity contribution in [2.75, 3.05) is 5.32 Å². The fourth-order valence-corrected chi connectivity index (χ4v) is 2.74. The first-order valence-electron chi connectivity index (χ1n) is 6.73. The molecule has 1 heterocycles. The van der Waals surface area contributed by atoms with Gasteiger partial charge in [0.05, 0.1) is 16.8 Å². The molecule has 0 bridgehead atoms. The summed E-state index contributed by atoms with van der Waals surface area (Å²) in [5.74, 6) is -2.27. The molecule has 10 heteroatoms. The number of benzene rings is 1. The van der Waals surface area contributed by atoms with E-state index in [1.54, 1.807) is 0 Å². The van der Waals surface area contributed by atoms with Crippen molar-refractivity contribution < 1.29 is 22.8 Å². The van der Waals surface area contributed by atoms with Crippen LogP contribution in [0.25, 0.3) is 0 Å². The molecule has 0 aliphatic rings. The molecule has 2 amide bonds. The molecular formula is C15H11ClF3N3O2S. The van der Waals surface area contributed by atoms with E-state index < -0.39 is 28.6 Å².